The Hall–Kier alpha value is -0.810. The second-order valence-corrected chi connectivity index (χ2v) is 3.87. The average molecular weight is 215 g/mol. The predicted molar refractivity (Wildman–Crippen MR) is 65.6 cm³/mol. The highest BCUT2D eigenvalue weighted by atomic mass is 15.2. The van der Waals surface area contributed by atoms with Crippen LogP contribution in [-0.4, -0.2) is 32.3 Å². The second kappa shape index (κ2) is 9.73. The molecule has 6 N–H and O–H groups in total. The van der Waals surface area contributed by atoms with E-state index in [9.17, 15) is 0 Å². The quantitative estimate of drug-likeness (QED) is 0.270. The van der Waals surface area contributed by atoms with Crippen molar-refractivity contribution >= 4 is 5.96 Å². The number of aliphatic imine (C=N–C) groups is 1. The molecule has 0 spiro atoms. The van der Waals surface area contributed by atoms with Gasteiger partial charge in [-0.15, -0.1) is 0 Å². The Morgan fingerprint density at radius 3 is 2.40 bits per heavy atom. The lowest BCUT2D eigenvalue weighted by Gasteiger charge is -2.11. The van der Waals surface area contributed by atoms with Gasteiger partial charge >= 0.3 is 0 Å². The van der Waals surface area contributed by atoms with E-state index in [1.165, 1.54) is 6.42 Å². The zero-order valence-corrected chi connectivity index (χ0v) is 9.92. The first-order valence-electron chi connectivity index (χ1n) is 5.63. The molecule has 0 heterocycles. The van der Waals surface area contributed by atoms with E-state index in [0.717, 1.165) is 31.4 Å². The van der Waals surface area contributed by atoms with Gasteiger partial charge in [0.2, 0.25) is 0 Å². The van der Waals surface area contributed by atoms with Crippen LogP contribution in [0.3, 0.4) is 0 Å². The molecule has 0 amide bonds. The van der Waals surface area contributed by atoms with Gasteiger partial charge in [-0.05, 0) is 18.8 Å². The minimum Gasteiger partial charge on any atom is -0.356 e. The third-order valence-electron chi connectivity index (χ3n) is 1.94. The summed E-state index contributed by atoms with van der Waals surface area (Å²) in [6, 6.07) is 0. The molecule has 15 heavy (non-hydrogen) atoms. The van der Waals surface area contributed by atoms with Gasteiger partial charge in [0.25, 0.3) is 0 Å². The summed E-state index contributed by atoms with van der Waals surface area (Å²) in [5.41, 5.74) is 10.7. The molecule has 5 heteroatoms. The molecule has 90 valence electrons. The fourth-order valence-electron chi connectivity index (χ4n) is 1.17. The fourth-order valence-corrected chi connectivity index (χ4v) is 1.17. The smallest absolute Gasteiger partial charge is 0.192 e. The van der Waals surface area contributed by atoms with Gasteiger partial charge in [0.1, 0.15) is 0 Å². The molecule has 0 bridgehead atoms. The van der Waals surface area contributed by atoms with Crippen molar-refractivity contribution in [2.24, 2.45) is 22.4 Å². The number of hydrogen-bond acceptors (Lipinski definition) is 3. The summed E-state index contributed by atoms with van der Waals surface area (Å²) in [7, 11) is 0. The predicted octanol–water partition coefficient (Wildman–Crippen LogP) is -0.167. The summed E-state index contributed by atoms with van der Waals surface area (Å²) in [4.78, 5) is 4.09. The van der Waals surface area contributed by atoms with Crippen molar-refractivity contribution in [3.8, 4) is 0 Å². The third-order valence-corrected chi connectivity index (χ3v) is 1.94. The van der Waals surface area contributed by atoms with E-state index in [-0.39, 0.29) is 0 Å². The van der Waals surface area contributed by atoms with Crippen LogP contribution in [0.25, 0.3) is 0 Å². The standard InChI is InChI=1S/C10H25N5/c1-9(2)4-3-6-13-10(15-8-12)14-7-5-11/h9H,3-8,11-12H2,1-2H3,(H2,13,14,15). The summed E-state index contributed by atoms with van der Waals surface area (Å²) in [5.74, 6) is 1.51. The van der Waals surface area contributed by atoms with Crippen LogP contribution in [0.15, 0.2) is 4.99 Å². The van der Waals surface area contributed by atoms with Gasteiger partial charge in [-0.1, -0.05) is 13.8 Å². The molecule has 0 saturated heterocycles. The largest absolute Gasteiger partial charge is 0.356 e. The molecule has 0 aromatic carbocycles. The minimum absolute atomic E-state index is 0.296. The van der Waals surface area contributed by atoms with Crippen molar-refractivity contribution in [1.29, 1.82) is 0 Å². The Labute approximate surface area is 92.7 Å². The van der Waals surface area contributed by atoms with Crippen molar-refractivity contribution in [2.45, 2.75) is 26.7 Å². The normalized spacial score (nSPS) is 11.9. The lowest BCUT2D eigenvalue weighted by molar-refractivity contribution is 0.549. The first-order valence-corrected chi connectivity index (χ1v) is 5.63. The SMILES string of the molecule is CC(C)CCCN/C(=N/CN)NCCN. The summed E-state index contributed by atoms with van der Waals surface area (Å²) in [6.07, 6.45) is 2.37. The van der Waals surface area contributed by atoms with Crippen molar-refractivity contribution in [2.75, 3.05) is 26.3 Å². The molecule has 0 fully saturated rings. The van der Waals surface area contributed by atoms with Gasteiger partial charge < -0.3 is 22.1 Å². The van der Waals surface area contributed by atoms with E-state index >= 15 is 0 Å². The van der Waals surface area contributed by atoms with Crippen LogP contribution < -0.4 is 22.1 Å². The molecule has 0 aliphatic rings. The third kappa shape index (κ3) is 9.49. The fraction of sp³-hybridized carbons (Fsp3) is 0.900. The number of hydrogen-bond donors (Lipinski definition) is 4. The summed E-state index contributed by atoms with van der Waals surface area (Å²) in [6.45, 7) is 6.98. The van der Waals surface area contributed by atoms with Crippen LogP contribution in [0.2, 0.25) is 0 Å². The Morgan fingerprint density at radius 2 is 1.87 bits per heavy atom. The minimum atomic E-state index is 0.296. The Kier molecular flexibility index (Phi) is 9.21. The van der Waals surface area contributed by atoms with E-state index in [1.54, 1.807) is 0 Å². The molecule has 0 aliphatic carbocycles. The monoisotopic (exact) mass is 215 g/mol. The molecule has 0 saturated carbocycles. The van der Waals surface area contributed by atoms with Gasteiger partial charge in [0.15, 0.2) is 5.96 Å². The average Bonchev–Trinajstić information content (AvgIpc) is 2.20. The molecule has 0 unspecified atom stereocenters. The van der Waals surface area contributed by atoms with Crippen LogP contribution in [-0.2, 0) is 0 Å². The van der Waals surface area contributed by atoms with Gasteiger partial charge in [-0.3, -0.25) is 0 Å². The van der Waals surface area contributed by atoms with E-state index in [4.69, 9.17) is 11.5 Å². The zero-order valence-electron chi connectivity index (χ0n) is 9.92. The van der Waals surface area contributed by atoms with E-state index < -0.39 is 0 Å². The molecule has 0 rings (SSSR count). The highest BCUT2D eigenvalue weighted by Gasteiger charge is 1.97. The number of guanidine groups is 1. The maximum Gasteiger partial charge on any atom is 0.192 e. The molecule has 0 aromatic heterocycles. The lowest BCUT2D eigenvalue weighted by atomic mass is 10.1. The molecule has 0 atom stereocenters. The Balaban J connectivity index is 3.62. The Morgan fingerprint density at radius 1 is 1.20 bits per heavy atom. The maximum absolute atomic E-state index is 5.39. The van der Waals surface area contributed by atoms with Gasteiger partial charge in [-0.2, -0.15) is 0 Å². The molecule has 0 aromatic rings. The molecular weight excluding hydrogens is 190 g/mol. The number of nitrogens with two attached hydrogens (primary N) is 2. The topological polar surface area (TPSA) is 88.5 Å². The molecule has 0 aliphatic heterocycles. The Bertz CT molecular complexity index is 167. The first-order chi connectivity index (χ1) is 7.20. The molecule has 0 radical (unpaired) electrons. The second-order valence-electron chi connectivity index (χ2n) is 3.87. The van der Waals surface area contributed by atoms with E-state index in [1.807, 2.05) is 0 Å². The maximum atomic E-state index is 5.39. The highest BCUT2D eigenvalue weighted by molar-refractivity contribution is 5.79. The summed E-state index contributed by atoms with van der Waals surface area (Å²) >= 11 is 0. The number of rotatable bonds is 7. The zero-order chi connectivity index (χ0) is 11.5. The van der Waals surface area contributed by atoms with E-state index in [0.29, 0.717) is 13.2 Å². The summed E-state index contributed by atoms with van der Waals surface area (Å²) in [5, 5.41) is 6.31. The van der Waals surface area contributed by atoms with Crippen LogP contribution in [0.5, 0.6) is 0 Å². The van der Waals surface area contributed by atoms with E-state index in [2.05, 4.69) is 29.5 Å². The molecule has 5 nitrogen and oxygen atoms in total. The van der Waals surface area contributed by atoms with Gasteiger partial charge in [0, 0.05) is 19.6 Å². The van der Waals surface area contributed by atoms with Crippen molar-refractivity contribution in [3.05, 3.63) is 0 Å². The number of nitrogens with one attached hydrogen (secondary N) is 2. The van der Waals surface area contributed by atoms with Crippen molar-refractivity contribution in [3.63, 3.8) is 0 Å². The van der Waals surface area contributed by atoms with Crippen LogP contribution in [0, 0.1) is 5.92 Å². The van der Waals surface area contributed by atoms with Crippen LogP contribution >= 0.6 is 0 Å². The van der Waals surface area contributed by atoms with Crippen LogP contribution in [0.4, 0.5) is 0 Å². The highest BCUT2D eigenvalue weighted by Crippen LogP contribution is 2.01. The summed E-state index contributed by atoms with van der Waals surface area (Å²) < 4.78 is 0. The number of nitrogens with zero attached hydrogens (tertiary/aromatic N) is 1. The molecular formula is C10H25N5. The van der Waals surface area contributed by atoms with Gasteiger partial charge in [-0.25, -0.2) is 4.99 Å². The van der Waals surface area contributed by atoms with Crippen LogP contribution in [0.1, 0.15) is 26.7 Å². The van der Waals surface area contributed by atoms with Crippen molar-refractivity contribution < 1.29 is 0 Å². The first kappa shape index (κ1) is 14.2. The van der Waals surface area contributed by atoms with Crippen molar-refractivity contribution in [1.82, 2.24) is 10.6 Å². The lowest BCUT2D eigenvalue weighted by Crippen LogP contribution is -2.40. The van der Waals surface area contributed by atoms with Gasteiger partial charge in [0.05, 0.1) is 6.67 Å².